The number of anilines is 1. The quantitative estimate of drug-likeness (QED) is 0.751. The van der Waals surface area contributed by atoms with Gasteiger partial charge in [0.25, 0.3) is 0 Å². The highest BCUT2D eigenvalue weighted by atomic mass is 35.5. The molecule has 0 unspecified atom stereocenters. The van der Waals surface area contributed by atoms with Crippen LogP contribution in [0.5, 0.6) is 0 Å². The highest BCUT2D eigenvalue weighted by molar-refractivity contribution is 6.28. The SMILES string of the molecule is Clc1nc(N2CCN(Cc3ccccc3)CC2)c2cc[nH]c2n1. The molecule has 0 saturated carbocycles. The second-order valence-electron chi connectivity index (χ2n) is 5.80. The summed E-state index contributed by atoms with van der Waals surface area (Å²) >= 11 is 6.06. The van der Waals surface area contributed by atoms with E-state index >= 15 is 0 Å². The molecule has 1 aliphatic rings. The number of piperazine rings is 1. The van der Waals surface area contributed by atoms with Crippen molar-refractivity contribution in [1.82, 2.24) is 19.9 Å². The summed E-state index contributed by atoms with van der Waals surface area (Å²) in [6.45, 7) is 4.92. The number of hydrogen-bond donors (Lipinski definition) is 1. The second-order valence-corrected chi connectivity index (χ2v) is 6.14. The van der Waals surface area contributed by atoms with Crippen molar-refractivity contribution in [2.45, 2.75) is 6.54 Å². The zero-order valence-corrected chi connectivity index (χ0v) is 13.5. The van der Waals surface area contributed by atoms with Crippen LogP contribution in [0.3, 0.4) is 0 Å². The van der Waals surface area contributed by atoms with E-state index in [0.29, 0.717) is 5.28 Å². The summed E-state index contributed by atoms with van der Waals surface area (Å²) in [6, 6.07) is 12.6. The van der Waals surface area contributed by atoms with E-state index in [1.165, 1.54) is 5.56 Å². The Hall–Kier alpha value is -2.11. The van der Waals surface area contributed by atoms with Crippen LogP contribution in [0.25, 0.3) is 11.0 Å². The molecule has 4 rings (SSSR count). The lowest BCUT2D eigenvalue weighted by atomic mass is 10.2. The minimum atomic E-state index is 0.293. The van der Waals surface area contributed by atoms with Gasteiger partial charge in [-0.05, 0) is 23.2 Å². The Morgan fingerprint density at radius 2 is 1.78 bits per heavy atom. The van der Waals surface area contributed by atoms with Crippen LogP contribution >= 0.6 is 11.6 Å². The maximum atomic E-state index is 6.06. The van der Waals surface area contributed by atoms with E-state index in [1.807, 2.05) is 12.3 Å². The molecule has 1 aromatic carbocycles. The van der Waals surface area contributed by atoms with Gasteiger partial charge in [-0.25, -0.2) is 0 Å². The third kappa shape index (κ3) is 3.02. The van der Waals surface area contributed by atoms with Gasteiger partial charge in [-0.1, -0.05) is 30.3 Å². The molecule has 6 heteroatoms. The molecule has 3 heterocycles. The first-order chi connectivity index (χ1) is 11.3. The van der Waals surface area contributed by atoms with Crippen LogP contribution in [-0.4, -0.2) is 46.0 Å². The van der Waals surface area contributed by atoms with Crippen molar-refractivity contribution in [3.63, 3.8) is 0 Å². The van der Waals surface area contributed by atoms with Gasteiger partial charge in [0.1, 0.15) is 11.5 Å². The molecule has 1 saturated heterocycles. The minimum Gasteiger partial charge on any atom is -0.353 e. The molecule has 23 heavy (non-hydrogen) atoms. The molecule has 1 fully saturated rings. The molecule has 5 nitrogen and oxygen atoms in total. The first-order valence-electron chi connectivity index (χ1n) is 7.81. The van der Waals surface area contributed by atoms with E-state index in [0.717, 1.165) is 49.6 Å². The van der Waals surface area contributed by atoms with Gasteiger partial charge in [0, 0.05) is 38.9 Å². The molecular weight excluding hydrogens is 310 g/mol. The van der Waals surface area contributed by atoms with E-state index in [9.17, 15) is 0 Å². The van der Waals surface area contributed by atoms with E-state index in [2.05, 4.69) is 55.1 Å². The van der Waals surface area contributed by atoms with Gasteiger partial charge in [0.15, 0.2) is 0 Å². The molecule has 0 bridgehead atoms. The minimum absolute atomic E-state index is 0.293. The number of aromatic nitrogens is 3. The van der Waals surface area contributed by atoms with Crippen molar-refractivity contribution in [1.29, 1.82) is 0 Å². The number of benzene rings is 1. The van der Waals surface area contributed by atoms with Crippen molar-refractivity contribution in [2.75, 3.05) is 31.1 Å². The summed E-state index contributed by atoms with van der Waals surface area (Å²) < 4.78 is 0. The fourth-order valence-electron chi connectivity index (χ4n) is 3.10. The largest absolute Gasteiger partial charge is 0.353 e. The zero-order chi connectivity index (χ0) is 15.6. The Balaban J connectivity index is 1.47. The molecule has 0 atom stereocenters. The second kappa shape index (κ2) is 6.18. The molecule has 0 radical (unpaired) electrons. The number of halogens is 1. The lowest BCUT2D eigenvalue weighted by Crippen LogP contribution is -2.46. The maximum Gasteiger partial charge on any atom is 0.226 e. The van der Waals surface area contributed by atoms with E-state index in [4.69, 9.17) is 11.6 Å². The normalized spacial score (nSPS) is 16.1. The van der Waals surface area contributed by atoms with Crippen LogP contribution in [0.2, 0.25) is 5.28 Å². The lowest BCUT2D eigenvalue weighted by Gasteiger charge is -2.35. The number of H-pyrrole nitrogens is 1. The monoisotopic (exact) mass is 327 g/mol. The van der Waals surface area contributed by atoms with Crippen LogP contribution in [0.1, 0.15) is 5.56 Å². The first kappa shape index (κ1) is 14.5. The van der Waals surface area contributed by atoms with Crippen LogP contribution in [0, 0.1) is 0 Å². The summed E-state index contributed by atoms with van der Waals surface area (Å²) in [5.74, 6) is 0.931. The third-order valence-corrected chi connectivity index (χ3v) is 4.46. The Kier molecular flexibility index (Phi) is 3.89. The average Bonchev–Trinajstić information content (AvgIpc) is 3.04. The number of rotatable bonds is 3. The maximum absolute atomic E-state index is 6.06. The van der Waals surface area contributed by atoms with Crippen LogP contribution in [0.15, 0.2) is 42.6 Å². The van der Waals surface area contributed by atoms with Gasteiger partial charge < -0.3 is 9.88 Å². The molecule has 0 amide bonds. The molecular formula is C17H18ClN5. The summed E-state index contributed by atoms with van der Waals surface area (Å²) in [6.07, 6.45) is 1.88. The Morgan fingerprint density at radius 3 is 2.57 bits per heavy atom. The lowest BCUT2D eigenvalue weighted by molar-refractivity contribution is 0.249. The predicted octanol–water partition coefficient (Wildman–Crippen LogP) is 2.93. The topological polar surface area (TPSA) is 48.1 Å². The van der Waals surface area contributed by atoms with Crippen molar-refractivity contribution in [3.8, 4) is 0 Å². The number of hydrogen-bond acceptors (Lipinski definition) is 4. The Labute approximate surface area is 139 Å². The van der Waals surface area contributed by atoms with Crippen molar-refractivity contribution in [2.24, 2.45) is 0 Å². The standard InChI is InChI=1S/C17H18ClN5/c18-17-20-15-14(6-7-19-15)16(21-17)23-10-8-22(9-11-23)12-13-4-2-1-3-5-13/h1-7H,8-12H2,(H,19,20,21). The van der Waals surface area contributed by atoms with Gasteiger partial charge in [-0.3, -0.25) is 4.90 Å². The molecule has 0 spiro atoms. The summed E-state index contributed by atoms with van der Waals surface area (Å²) in [7, 11) is 0. The highest BCUT2D eigenvalue weighted by Gasteiger charge is 2.21. The van der Waals surface area contributed by atoms with Crippen molar-refractivity contribution >= 4 is 28.5 Å². The molecule has 1 aliphatic heterocycles. The van der Waals surface area contributed by atoms with Gasteiger partial charge >= 0.3 is 0 Å². The van der Waals surface area contributed by atoms with Crippen molar-refractivity contribution < 1.29 is 0 Å². The molecule has 3 aromatic rings. The van der Waals surface area contributed by atoms with Crippen LogP contribution < -0.4 is 4.90 Å². The van der Waals surface area contributed by atoms with Crippen LogP contribution in [-0.2, 0) is 6.54 Å². The van der Waals surface area contributed by atoms with Gasteiger partial charge in [-0.2, -0.15) is 9.97 Å². The summed E-state index contributed by atoms with van der Waals surface area (Å²) in [4.78, 5) is 16.6. The van der Waals surface area contributed by atoms with Gasteiger partial charge in [0.05, 0.1) is 5.39 Å². The Morgan fingerprint density at radius 1 is 1.00 bits per heavy atom. The molecule has 2 aromatic heterocycles. The number of nitrogens with zero attached hydrogens (tertiary/aromatic N) is 4. The third-order valence-electron chi connectivity index (χ3n) is 4.29. The van der Waals surface area contributed by atoms with Gasteiger partial charge in [-0.15, -0.1) is 0 Å². The predicted molar refractivity (Wildman–Crippen MR) is 92.8 cm³/mol. The van der Waals surface area contributed by atoms with E-state index in [1.54, 1.807) is 0 Å². The smallest absolute Gasteiger partial charge is 0.226 e. The molecule has 118 valence electrons. The average molecular weight is 328 g/mol. The van der Waals surface area contributed by atoms with E-state index < -0.39 is 0 Å². The number of aromatic amines is 1. The first-order valence-corrected chi connectivity index (χ1v) is 8.19. The van der Waals surface area contributed by atoms with E-state index in [-0.39, 0.29) is 0 Å². The highest BCUT2D eigenvalue weighted by Crippen LogP contribution is 2.25. The number of nitrogens with one attached hydrogen (secondary N) is 1. The number of fused-ring (bicyclic) bond motifs is 1. The fraction of sp³-hybridized carbons (Fsp3) is 0.294. The van der Waals surface area contributed by atoms with Crippen molar-refractivity contribution in [3.05, 3.63) is 53.4 Å². The zero-order valence-electron chi connectivity index (χ0n) is 12.7. The summed E-state index contributed by atoms with van der Waals surface area (Å²) in [5.41, 5.74) is 2.16. The molecule has 1 N–H and O–H groups in total. The van der Waals surface area contributed by atoms with Gasteiger partial charge in [0.2, 0.25) is 5.28 Å². The van der Waals surface area contributed by atoms with Crippen LogP contribution in [0.4, 0.5) is 5.82 Å². The molecule has 0 aliphatic carbocycles. The fourth-order valence-corrected chi connectivity index (χ4v) is 3.26. The Bertz CT molecular complexity index is 793. The summed E-state index contributed by atoms with van der Waals surface area (Å²) in [5, 5.41) is 1.33.